The zero-order valence-electron chi connectivity index (χ0n) is 24.0. The number of hydrogen-bond donors (Lipinski definition) is 3. The minimum Gasteiger partial charge on any atom is -0.507 e. The molecule has 0 saturated heterocycles. The van der Waals surface area contributed by atoms with Crippen molar-refractivity contribution >= 4 is 29.0 Å². The molecule has 3 aliphatic carbocycles. The average molecular weight is 581 g/mol. The number of carbonyl (C=O) groups excluding carboxylic acids is 5. The van der Waals surface area contributed by atoms with E-state index in [1.54, 1.807) is 13.0 Å². The summed E-state index contributed by atoms with van der Waals surface area (Å²) in [6.45, 7) is 3.13. The Bertz CT molecular complexity index is 1590. The second-order valence-corrected chi connectivity index (χ2v) is 12.0. The minimum absolute atomic E-state index is 0.0385. The first-order valence-electron chi connectivity index (χ1n) is 13.2. The highest BCUT2D eigenvalue weighted by atomic mass is 16.5. The number of phenols is 1. The third-order valence-corrected chi connectivity index (χ3v) is 9.27. The van der Waals surface area contributed by atoms with Crippen LogP contribution in [0.1, 0.15) is 36.2 Å². The third-order valence-electron chi connectivity index (χ3n) is 9.27. The number of ketones is 4. The lowest BCUT2D eigenvalue weighted by atomic mass is 9.42. The highest BCUT2D eigenvalue weighted by Gasteiger charge is 2.76. The van der Waals surface area contributed by atoms with Gasteiger partial charge in [0.25, 0.3) is 0 Å². The molecule has 0 aliphatic heterocycles. The van der Waals surface area contributed by atoms with Crippen LogP contribution in [0.4, 0.5) is 0 Å². The molecule has 2 aromatic rings. The lowest BCUT2D eigenvalue weighted by molar-refractivity contribution is -0.203. The van der Waals surface area contributed by atoms with Crippen molar-refractivity contribution in [2.24, 2.45) is 28.4 Å². The molecule has 2 unspecified atom stereocenters. The Morgan fingerprint density at radius 1 is 1.07 bits per heavy atom. The fraction of sp³-hybridized carbons (Fsp3) is 0.483. The Morgan fingerprint density at radius 3 is 2.31 bits per heavy atom. The van der Waals surface area contributed by atoms with Crippen molar-refractivity contribution in [1.82, 2.24) is 14.9 Å². The number of ether oxygens (including phenoxy) is 2. The molecule has 13 nitrogen and oxygen atoms in total. The largest absolute Gasteiger partial charge is 0.507 e. The number of hydrogen-bond acceptors (Lipinski definition) is 12. The Kier molecular flexibility index (Phi) is 6.55. The average Bonchev–Trinajstić information content (AvgIpc) is 2.90. The van der Waals surface area contributed by atoms with Crippen molar-refractivity contribution in [1.29, 1.82) is 0 Å². The van der Waals surface area contributed by atoms with Gasteiger partial charge in [-0.1, -0.05) is 19.9 Å². The van der Waals surface area contributed by atoms with Crippen LogP contribution in [0.5, 0.6) is 17.6 Å². The molecule has 1 aromatic carbocycles. The monoisotopic (exact) mass is 580 g/mol. The SMILES string of the molecule is COc1ncc(-c2ccc(O)c3c2C[C@@]2(C)C[C@@]4(C)[C@H](N(C)C)C(=O)C(C(N)=O)C(=O)[C@@]4(O)C(=O)C2C3=O)c(OC)n1. The molecular formula is C29H32N4O9. The predicted octanol–water partition coefficient (Wildman–Crippen LogP) is 0.121. The van der Waals surface area contributed by atoms with Gasteiger partial charge in [-0.05, 0) is 49.5 Å². The Labute approximate surface area is 241 Å². The van der Waals surface area contributed by atoms with E-state index in [-0.39, 0.29) is 30.3 Å². The first-order chi connectivity index (χ1) is 19.6. The third kappa shape index (κ3) is 3.59. The summed E-state index contributed by atoms with van der Waals surface area (Å²) in [4.78, 5) is 77.8. The van der Waals surface area contributed by atoms with Crippen LogP contribution < -0.4 is 15.2 Å². The maximum atomic E-state index is 14.3. The van der Waals surface area contributed by atoms with E-state index in [9.17, 15) is 34.2 Å². The fourth-order valence-electron chi connectivity index (χ4n) is 7.76. The second-order valence-electron chi connectivity index (χ2n) is 12.0. The molecule has 1 aromatic heterocycles. The van der Waals surface area contributed by atoms with E-state index in [4.69, 9.17) is 15.2 Å². The van der Waals surface area contributed by atoms with Crippen LogP contribution in [0, 0.1) is 22.7 Å². The van der Waals surface area contributed by atoms with Gasteiger partial charge in [0.05, 0.1) is 37.3 Å². The van der Waals surface area contributed by atoms with Gasteiger partial charge in [0, 0.05) is 11.6 Å². The van der Waals surface area contributed by atoms with Crippen LogP contribution >= 0.6 is 0 Å². The molecule has 13 heteroatoms. The zero-order valence-corrected chi connectivity index (χ0v) is 24.0. The molecule has 0 spiro atoms. The number of Topliss-reactive ketones (excluding diaryl/α,β-unsaturated/α-hetero) is 4. The minimum atomic E-state index is -2.87. The summed E-state index contributed by atoms with van der Waals surface area (Å²) >= 11 is 0. The number of fused-ring (bicyclic) bond motifs is 3. The maximum absolute atomic E-state index is 14.3. The summed E-state index contributed by atoms with van der Waals surface area (Å²) in [7, 11) is 5.87. The van der Waals surface area contributed by atoms with Crippen molar-refractivity contribution < 1.29 is 43.7 Å². The van der Waals surface area contributed by atoms with E-state index >= 15 is 0 Å². The van der Waals surface area contributed by atoms with Crippen LogP contribution in [0.3, 0.4) is 0 Å². The number of aromatic nitrogens is 2. The predicted molar refractivity (Wildman–Crippen MR) is 145 cm³/mol. The number of primary amides is 1. The fourth-order valence-corrected chi connectivity index (χ4v) is 7.76. The summed E-state index contributed by atoms with van der Waals surface area (Å²) in [5.41, 5.74) is 0.687. The van der Waals surface area contributed by atoms with E-state index in [0.717, 1.165) is 0 Å². The maximum Gasteiger partial charge on any atom is 0.319 e. The molecule has 1 heterocycles. The molecule has 2 fully saturated rings. The summed E-state index contributed by atoms with van der Waals surface area (Å²) in [6, 6.07) is 1.66. The van der Waals surface area contributed by atoms with E-state index in [1.165, 1.54) is 52.4 Å². The molecule has 3 aliphatic rings. The molecule has 4 N–H and O–H groups in total. The van der Waals surface area contributed by atoms with Crippen molar-refractivity contribution in [3.8, 4) is 28.8 Å². The van der Waals surface area contributed by atoms with Gasteiger partial charge < -0.3 is 25.4 Å². The van der Waals surface area contributed by atoms with Gasteiger partial charge in [0.15, 0.2) is 34.7 Å². The van der Waals surface area contributed by atoms with Crippen LogP contribution in [0.15, 0.2) is 18.3 Å². The van der Waals surface area contributed by atoms with Crippen LogP contribution in [0.25, 0.3) is 11.1 Å². The quantitative estimate of drug-likeness (QED) is 0.404. The van der Waals surface area contributed by atoms with Gasteiger partial charge in [-0.25, -0.2) is 4.98 Å². The number of nitrogens with two attached hydrogens (primary N) is 1. The summed E-state index contributed by atoms with van der Waals surface area (Å²) in [5, 5.41) is 22.9. The van der Waals surface area contributed by atoms with Crippen LogP contribution in [0.2, 0.25) is 0 Å². The standard InChI is InChI=1S/C29H32N4O9/c1-27-9-13-12(14-10-31-26(42-6)32-25(14)41-5)7-8-15(34)16(13)19(35)18(27)23(38)29(40)22(37)17(24(30)39)20(36)21(33(3)4)28(29,2)11-27/h7-8,10,17-18,21,34,40H,9,11H2,1-6H3,(H2,30,39)/t17?,18?,21-,27+,28+,29-/m1/s1. The first kappa shape index (κ1) is 29.3. The number of methoxy groups -OCH3 is 2. The molecule has 42 heavy (non-hydrogen) atoms. The number of benzene rings is 1. The van der Waals surface area contributed by atoms with Gasteiger partial charge in [-0.2, -0.15) is 4.98 Å². The summed E-state index contributed by atoms with van der Waals surface area (Å²) in [6.07, 6.45) is 1.36. The van der Waals surface area contributed by atoms with Crippen LogP contribution in [-0.2, 0) is 25.6 Å². The van der Waals surface area contributed by atoms with Crippen molar-refractivity contribution in [2.45, 2.75) is 38.3 Å². The van der Waals surface area contributed by atoms with Crippen molar-refractivity contribution in [3.63, 3.8) is 0 Å². The molecule has 1 amide bonds. The number of likely N-dealkylation sites (N-methyl/N-ethyl adjacent to an activating group) is 1. The smallest absolute Gasteiger partial charge is 0.319 e. The Morgan fingerprint density at radius 2 is 1.74 bits per heavy atom. The van der Waals surface area contributed by atoms with Crippen LogP contribution in [-0.4, -0.2) is 94.1 Å². The van der Waals surface area contributed by atoms with Gasteiger partial charge >= 0.3 is 6.01 Å². The topological polar surface area (TPSA) is 199 Å². The summed E-state index contributed by atoms with van der Waals surface area (Å²) < 4.78 is 10.5. The van der Waals surface area contributed by atoms with Gasteiger partial charge in [0.1, 0.15) is 5.75 Å². The molecule has 2 saturated carbocycles. The summed E-state index contributed by atoms with van der Waals surface area (Å²) in [5.74, 6) is -9.23. The van der Waals surface area contributed by atoms with Gasteiger partial charge in [-0.15, -0.1) is 0 Å². The molecule has 0 bridgehead atoms. The number of carbonyl (C=O) groups is 5. The molecule has 0 radical (unpaired) electrons. The van der Waals surface area contributed by atoms with E-state index in [0.29, 0.717) is 16.7 Å². The number of aromatic hydroxyl groups is 1. The lowest BCUT2D eigenvalue weighted by Crippen LogP contribution is -2.79. The number of rotatable bonds is 5. The normalized spacial score (nSPS) is 32.2. The number of nitrogens with zero attached hydrogens (tertiary/aromatic N) is 3. The molecule has 5 rings (SSSR count). The highest BCUT2D eigenvalue weighted by molar-refractivity contribution is 6.33. The van der Waals surface area contributed by atoms with Crippen molar-refractivity contribution in [2.75, 3.05) is 28.3 Å². The van der Waals surface area contributed by atoms with E-state index in [1.807, 2.05) is 0 Å². The number of phenolic OH excluding ortho intramolecular Hbond substituents is 1. The second kappa shape index (κ2) is 9.39. The number of amides is 1. The first-order valence-corrected chi connectivity index (χ1v) is 13.2. The molecular weight excluding hydrogens is 548 g/mol. The Hall–Kier alpha value is -4.23. The van der Waals surface area contributed by atoms with Gasteiger partial charge in [-0.3, -0.25) is 28.9 Å². The Balaban J connectivity index is 1.75. The van der Waals surface area contributed by atoms with E-state index in [2.05, 4.69) is 9.97 Å². The molecule has 222 valence electrons. The van der Waals surface area contributed by atoms with E-state index < -0.39 is 69.1 Å². The number of aliphatic hydroxyl groups is 1. The highest BCUT2D eigenvalue weighted by Crippen LogP contribution is 2.62. The van der Waals surface area contributed by atoms with Crippen molar-refractivity contribution in [3.05, 3.63) is 29.5 Å². The zero-order chi connectivity index (χ0) is 31.1. The lowest BCUT2D eigenvalue weighted by Gasteiger charge is -2.61. The van der Waals surface area contributed by atoms with Gasteiger partial charge in [0.2, 0.25) is 11.8 Å². The molecule has 6 atom stereocenters.